The van der Waals surface area contributed by atoms with Gasteiger partial charge in [0.25, 0.3) is 11.8 Å². The monoisotopic (exact) mass is 383 g/mol. The largest absolute Gasteiger partial charge is 0.451 e. The summed E-state index contributed by atoms with van der Waals surface area (Å²) in [7, 11) is 0. The number of imide groups is 1. The summed E-state index contributed by atoms with van der Waals surface area (Å²) in [5, 5.41) is 4.75. The summed E-state index contributed by atoms with van der Waals surface area (Å²) in [6.07, 6.45) is -0.945. The van der Waals surface area contributed by atoms with Gasteiger partial charge in [-0.1, -0.05) is 6.92 Å². The van der Waals surface area contributed by atoms with E-state index in [2.05, 4.69) is 10.6 Å². The van der Waals surface area contributed by atoms with Crippen molar-refractivity contribution in [2.45, 2.75) is 38.8 Å². The molecule has 2 rings (SSSR count). The molecule has 146 valence electrons. The Morgan fingerprint density at radius 3 is 2.52 bits per heavy atom. The third kappa shape index (κ3) is 4.39. The van der Waals surface area contributed by atoms with Crippen LogP contribution < -0.4 is 10.6 Å². The number of hydrogen-bond donors (Lipinski definition) is 2. The average molecular weight is 383 g/mol. The van der Waals surface area contributed by atoms with Gasteiger partial charge in [0.1, 0.15) is 12.1 Å². The van der Waals surface area contributed by atoms with Crippen LogP contribution in [-0.4, -0.2) is 46.9 Å². The number of carbonyl (C=O) groups is 4. The Morgan fingerprint density at radius 2 is 1.96 bits per heavy atom. The molecule has 2 N–H and O–H groups in total. The fraction of sp³-hybridized carbons (Fsp3) is 0.412. The Morgan fingerprint density at radius 1 is 1.30 bits per heavy atom. The Hall–Kier alpha value is -3.04. The van der Waals surface area contributed by atoms with Crippen molar-refractivity contribution in [3.63, 3.8) is 0 Å². The van der Waals surface area contributed by atoms with E-state index in [0.717, 1.165) is 18.2 Å². The maximum atomic E-state index is 13.1. The first-order valence-electron chi connectivity index (χ1n) is 8.17. The standard InChI is InChI=1S/C17H19F2N3O5/c1-4-17(3)15(25)22(16(26)21-17)8-13(23)27-9(2)14(24)20-10-5-6-11(18)12(19)7-10/h5-7,9H,4,8H2,1-3H3,(H,20,24)(H,21,26)/t9-,17-/m1/s1. The highest BCUT2D eigenvalue weighted by molar-refractivity contribution is 6.08. The summed E-state index contributed by atoms with van der Waals surface area (Å²) in [6, 6.07) is 2.04. The Kier molecular flexibility index (Phi) is 5.77. The molecule has 10 heteroatoms. The van der Waals surface area contributed by atoms with Gasteiger partial charge >= 0.3 is 12.0 Å². The predicted molar refractivity (Wildman–Crippen MR) is 89.5 cm³/mol. The maximum Gasteiger partial charge on any atom is 0.327 e. The van der Waals surface area contributed by atoms with E-state index in [9.17, 15) is 28.0 Å². The van der Waals surface area contributed by atoms with Crippen LogP contribution >= 0.6 is 0 Å². The first kappa shape index (κ1) is 20.3. The van der Waals surface area contributed by atoms with Gasteiger partial charge < -0.3 is 15.4 Å². The second kappa shape index (κ2) is 7.68. The van der Waals surface area contributed by atoms with Gasteiger partial charge in [-0.15, -0.1) is 0 Å². The van der Waals surface area contributed by atoms with Gasteiger partial charge in [-0.05, 0) is 32.4 Å². The van der Waals surface area contributed by atoms with Gasteiger partial charge in [-0.2, -0.15) is 0 Å². The number of nitrogens with one attached hydrogen (secondary N) is 2. The molecule has 4 amide bonds. The maximum absolute atomic E-state index is 13.1. The van der Waals surface area contributed by atoms with Gasteiger partial charge in [0.05, 0.1) is 0 Å². The average Bonchev–Trinajstić information content (AvgIpc) is 2.82. The number of amides is 4. The number of halogens is 2. The first-order chi connectivity index (χ1) is 12.6. The van der Waals surface area contributed by atoms with Gasteiger partial charge in [-0.25, -0.2) is 13.6 Å². The third-order valence-corrected chi connectivity index (χ3v) is 4.20. The number of ether oxygens (including phenoxy) is 1. The number of hydrogen-bond acceptors (Lipinski definition) is 5. The van der Waals surface area contributed by atoms with Crippen LogP contribution in [0.15, 0.2) is 18.2 Å². The molecule has 1 fully saturated rings. The second-order valence-corrected chi connectivity index (χ2v) is 6.26. The van der Waals surface area contributed by atoms with Crippen LogP contribution in [0, 0.1) is 11.6 Å². The van der Waals surface area contributed by atoms with Gasteiger partial charge in [-0.3, -0.25) is 19.3 Å². The molecule has 1 aliphatic heterocycles. The number of anilines is 1. The van der Waals surface area contributed by atoms with E-state index in [1.807, 2.05) is 0 Å². The van der Waals surface area contributed by atoms with Crippen molar-refractivity contribution >= 4 is 29.5 Å². The van der Waals surface area contributed by atoms with Crippen molar-refractivity contribution in [2.75, 3.05) is 11.9 Å². The van der Waals surface area contributed by atoms with Gasteiger partial charge in [0.15, 0.2) is 17.7 Å². The number of nitrogens with zero attached hydrogens (tertiary/aromatic N) is 1. The SMILES string of the molecule is CC[C@@]1(C)NC(=O)N(CC(=O)O[C@H](C)C(=O)Nc2ccc(F)c(F)c2)C1=O. The summed E-state index contributed by atoms with van der Waals surface area (Å²) in [6.45, 7) is 3.86. The summed E-state index contributed by atoms with van der Waals surface area (Å²) in [5.41, 5.74) is -1.11. The van der Waals surface area contributed by atoms with Crippen molar-refractivity contribution in [1.29, 1.82) is 0 Å². The molecule has 0 spiro atoms. The number of urea groups is 1. The van der Waals surface area contributed by atoms with E-state index in [1.165, 1.54) is 13.8 Å². The Balaban J connectivity index is 1.93. The molecular formula is C17H19F2N3O5. The zero-order valence-corrected chi connectivity index (χ0v) is 15.0. The number of carbonyl (C=O) groups excluding carboxylic acids is 4. The lowest BCUT2D eigenvalue weighted by Gasteiger charge is -2.19. The molecule has 2 atom stereocenters. The van der Waals surface area contributed by atoms with Gasteiger partial charge in [0.2, 0.25) is 0 Å². The number of esters is 1. The normalized spacial score (nSPS) is 20.3. The summed E-state index contributed by atoms with van der Waals surface area (Å²) >= 11 is 0. The van der Waals surface area contributed by atoms with E-state index in [4.69, 9.17) is 4.74 Å². The minimum absolute atomic E-state index is 0.0189. The zero-order valence-electron chi connectivity index (χ0n) is 15.0. The molecule has 1 saturated heterocycles. The molecule has 0 radical (unpaired) electrons. The smallest absolute Gasteiger partial charge is 0.327 e. The van der Waals surface area contributed by atoms with E-state index < -0.39 is 53.6 Å². The lowest BCUT2D eigenvalue weighted by atomic mass is 9.99. The highest BCUT2D eigenvalue weighted by Gasteiger charge is 2.47. The minimum atomic E-state index is -1.29. The molecule has 0 aliphatic carbocycles. The van der Waals surface area contributed by atoms with Crippen molar-refractivity contribution in [2.24, 2.45) is 0 Å². The molecule has 27 heavy (non-hydrogen) atoms. The zero-order chi connectivity index (χ0) is 20.4. The lowest BCUT2D eigenvalue weighted by molar-refractivity contribution is -0.155. The highest BCUT2D eigenvalue weighted by atomic mass is 19.2. The third-order valence-electron chi connectivity index (χ3n) is 4.20. The molecule has 1 aromatic carbocycles. The molecule has 8 nitrogen and oxygen atoms in total. The fourth-order valence-corrected chi connectivity index (χ4v) is 2.37. The molecule has 0 bridgehead atoms. The van der Waals surface area contributed by atoms with Crippen LogP contribution in [-0.2, 0) is 19.1 Å². The molecule has 1 aliphatic rings. The quantitative estimate of drug-likeness (QED) is 0.573. The van der Waals surface area contributed by atoms with E-state index >= 15 is 0 Å². The minimum Gasteiger partial charge on any atom is -0.451 e. The van der Waals surface area contributed by atoms with Gasteiger partial charge in [0, 0.05) is 11.8 Å². The summed E-state index contributed by atoms with van der Waals surface area (Å²) in [4.78, 5) is 48.7. The van der Waals surface area contributed by atoms with E-state index in [1.54, 1.807) is 6.92 Å². The van der Waals surface area contributed by atoms with E-state index in [-0.39, 0.29) is 5.69 Å². The lowest BCUT2D eigenvalue weighted by Crippen LogP contribution is -2.44. The van der Waals surface area contributed by atoms with Crippen LogP contribution in [0.25, 0.3) is 0 Å². The predicted octanol–water partition coefficient (Wildman–Crippen LogP) is 1.56. The fourth-order valence-electron chi connectivity index (χ4n) is 2.37. The summed E-state index contributed by atoms with van der Waals surface area (Å²) < 4.78 is 30.9. The molecule has 1 aromatic rings. The van der Waals surface area contributed by atoms with E-state index in [0.29, 0.717) is 11.3 Å². The Labute approximate surface area is 153 Å². The molecule has 1 heterocycles. The van der Waals surface area contributed by atoms with Crippen molar-refractivity contribution in [3.05, 3.63) is 29.8 Å². The summed E-state index contributed by atoms with van der Waals surface area (Å²) in [5.74, 6) is -4.53. The highest BCUT2D eigenvalue weighted by Crippen LogP contribution is 2.20. The second-order valence-electron chi connectivity index (χ2n) is 6.26. The van der Waals surface area contributed by atoms with Crippen molar-refractivity contribution in [1.82, 2.24) is 10.2 Å². The van der Waals surface area contributed by atoms with Crippen LogP contribution in [0.1, 0.15) is 27.2 Å². The topological polar surface area (TPSA) is 105 Å². The number of rotatable bonds is 6. The molecular weight excluding hydrogens is 364 g/mol. The van der Waals surface area contributed by atoms with Crippen LogP contribution in [0.5, 0.6) is 0 Å². The van der Waals surface area contributed by atoms with Crippen molar-refractivity contribution in [3.8, 4) is 0 Å². The van der Waals surface area contributed by atoms with Crippen LogP contribution in [0.2, 0.25) is 0 Å². The first-order valence-corrected chi connectivity index (χ1v) is 8.17. The number of benzene rings is 1. The molecule has 0 saturated carbocycles. The van der Waals surface area contributed by atoms with Crippen LogP contribution in [0.4, 0.5) is 19.3 Å². The Bertz CT molecular complexity index is 801. The molecule has 0 unspecified atom stereocenters. The van der Waals surface area contributed by atoms with Crippen LogP contribution in [0.3, 0.4) is 0 Å². The van der Waals surface area contributed by atoms with Crippen molar-refractivity contribution < 1.29 is 32.7 Å². The molecule has 0 aromatic heterocycles.